The van der Waals surface area contributed by atoms with E-state index in [1.807, 2.05) is 24.3 Å². The standard InChI is InChI=1S/C12H16BrNO2/c13-10-2-1-3-11(8-10)15-6-4-12-9-14-5-7-16-12/h1-3,8,12,14H,4-7,9H2. The number of hydrogen-bond acceptors (Lipinski definition) is 3. The molecule has 1 aliphatic rings. The highest BCUT2D eigenvalue weighted by Crippen LogP contribution is 2.18. The Balaban J connectivity index is 1.71. The van der Waals surface area contributed by atoms with Crippen molar-refractivity contribution in [3.05, 3.63) is 28.7 Å². The number of halogens is 1. The molecule has 3 nitrogen and oxygen atoms in total. The smallest absolute Gasteiger partial charge is 0.120 e. The van der Waals surface area contributed by atoms with Gasteiger partial charge in [0.05, 0.1) is 19.3 Å². The van der Waals surface area contributed by atoms with Gasteiger partial charge in [0.25, 0.3) is 0 Å². The lowest BCUT2D eigenvalue weighted by Crippen LogP contribution is -2.39. The summed E-state index contributed by atoms with van der Waals surface area (Å²) in [5.41, 5.74) is 0. The molecule has 1 aliphatic heterocycles. The Bertz CT molecular complexity index is 327. The molecule has 0 aliphatic carbocycles. The lowest BCUT2D eigenvalue weighted by atomic mass is 10.2. The molecular weight excluding hydrogens is 270 g/mol. The fourth-order valence-corrected chi connectivity index (χ4v) is 2.05. The van der Waals surface area contributed by atoms with Crippen LogP contribution >= 0.6 is 15.9 Å². The minimum Gasteiger partial charge on any atom is -0.493 e. The SMILES string of the molecule is Brc1cccc(OCCC2CNCCO2)c1. The van der Waals surface area contributed by atoms with Crippen LogP contribution in [0.25, 0.3) is 0 Å². The molecule has 1 aromatic rings. The first-order valence-electron chi connectivity index (χ1n) is 5.55. The van der Waals surface area contributed by atoms with Crippen LogP contribution in [0.4, 0.5) is 0 Å². The second-order valence-electron chi connectivity index (χ2n) is 3.79. The summed E-state index contributed by atoms with van der Waals surface area (Å²) < 4.78 is 12.3. The zero-order valence-electron chi connectivity index (χ0n) is 9.12. The first kappa shape index (κ1) is 11.9. The second kappa shape index (κ2) is 6.23. The summed E-state index contributed by atoms with van der Waals surface area (Å²) in [6, 6.07) is 7.89. The maximum absolute atomic E-state index is 5.65. The van der Waals surface area contributed by atoms with E-state index in [1.54, 1.807) is 0 Å². The third-order valence-corrected chi connectivity index (χ3v) is 3.00. The van der Waals surface area contributed by atoms with Crippen LogP contribution in [0.1, 0.15) is 6.42 Å². The molecule has 1 atom stereocenters. The summed E-state index contributed by atoms with van der Waals surface area (Å²) in [4.78, 5) is 0. The summed E-state index contributed by atoms with van der Waals surface area (Å²) in [5.74, 6) is 0.901. The number of nitrogens with one attached hydrogen (secondary N) is 1. The van der Waals surface area contributed by atoms with E-state index < -0.39 is 0 Å². The molecule has 4 heteroatoms. The van der Waals surface area contributed by atoms with E-state index in [-0.39, 0.29) is 0 Å². The van der Waals surface area contributed by atoms with Crippen LogP contribution in [0.3, 0.4) is 0 Å². The van der Waals surface area contributed by atoms with E-state index >= 15 is 0 Å². The van der Waals surface area contributed by atoms with E-state index in [2.05, 4.69) is 21.2 Å². The molecular formula is C12H16BrNO2. The van der Waals surface area contributed by atoms with E-state index in [0.717, 1.165) is 36.3 Å². The predicted octanol–water partition coefficient (Wildman–Crippen LogP) is 2.21. The van der Waals surface area contributed by atoms with E-state index in [9.17, 15) is 0 Å². The molecule has 88 valence electrons. The van der Waals surface area contributed by atoms with Crippen LogP contribution < -0.4 is 10.1 Å². The Labute approximate surface area is 104 Å². The van der Waals surface area contributed by atoms with Crippen LogP contribution in [0.15, 0.2) is 28.7 Å². The third kappa shape index (κ3) is 3.77. The first-order chi connectivity index (χ1) is 7.84. The molecule has 0 bridgehead atoms. The van der Waals surface area contributed by atoms with Gasteiger partial charge in [0.2, 0.25) is 0 Å². The van der Waals surface area contributed by atoms with Gasteiger partial charge in [0.1, 0.15) is 5.75 Å². The van der Waals surface area contributed by atoms with Gasteiger partial charge >= 0.3 is 0 Å². The van der Waals surface area contributed by atoms with Crippen molar-refractivity contribution in [1.82, 2.24) is 5.32 Å². The summed E-state index contributed by atoms with van der Waals surface area (Å²) in [5, 5.41) is 3.30. The van der Waals surface area contributed by atoms with Gasteiger partial charge in [0, 0.05) is 24.0 Å². The number of benzene rings is 1. The van der Waals surface area contributed by atoms with Crippen molar-refractivity contribution in [2.75, 3.05) is 26.3 Å². The lowest BCUT2D eigenvalue weighted by Gasteiger charge is -2.23. The molecule has 0 spiro atoms. The number of ether oxygens (including phenoxy) is 2. The van der Waals surface area contributed by atoms with E-state index in [1.165, 1.54) is 0 Å². The number of morpholine rings is 1. The zero-order valence-corrected chi connectivity index (χ0v) is 10.7. The van der Waals surface area contributed by atoms with Gasteiger partial charge in [-0.2, -0.15) is 0 Å². The normalized spacial score (nSPS) is 20.7. The molecule has 2 rings (SSSR count). The average Bonchev–Trinajstić information content (AvgIpc) is 2.30. The first-order valence-corrected chi connectivity index (χ1v) is 6.34. The molecule has 16 heavy (non-hydrogen) atoms. The summed E-state index contributed by atoms with van der Waals surface area (Å²) in [7, 11) is 0. The molecule has 1 N–H and O–H groups in total. The monoisotopic (exact) mass is 285 g/mol. The highest BCUT2D eigenvalue weighted by molar-refractivity contribution is 9.10. The summed E-state index contributed by atoms with van der Waals surface area (Å²) in [6.45, 7) is 3.40. The Morgan fingerprint density at radius 2 is 2.44 bits per heavy atom. The maximum atomic E-state index is 5.65. The van der Waals surface area contributed by atoms with Crippen LogP contribution in [0.5, 0.6) is 5.75 Å². The van der Waals surface area contributed by atoms with Crippen molar-refractivity contribution in [3.8, 4) is 5.75 Å². The van der Waals surface area contributed by atoms with E-state index in [0.29, 0.717) is 12.7 Å². The van der Waals surface area contributed by atoms with Crippen LogP contribution in [-0.4, -0.2) is 32.4 Å². The molecule has 1 unspecified atom stereocenters. The molecule has 0 radical (unpaired) electrons. The number of hydrogen-bond donors (Lipinski definition) is 1. The topological polar surface area (TPSA) is 30.5 Å². The fraction of sp³-hybridized carbons (Fsp3) is 0.500. The highest BCUT2D eigenvalue weighted by atomic mass is 79.9. The molecule has 1 saturated heterocycles. The van der Waals surface area contributed by atoms with Gasteiger partial charge in [-0.15, -0.1) is 0 Å². The van der Waals surface area contributed by atoms with Crippen molar-refractivity contribution >= 4 is 15.9 Å². The van der Waals surface area contributed by atoms with Gasteiger partial charge in [-0.1, -0.05) is 22.0 Å². The highest BCUT2D eigenvalue weighted by Gasteiger charge is 2.12. The maximum Gasteiger partial charge on any atom is 0.120 e. The second-order valence-corrected chi connectivity index (χ2v) is 4.71. The molecule has 0 amide bonds. The van der Waals surface area contributed by atoms with Gasteiger partial charge in [-0.05, 0) is 18.2 Å². The largest absolute Gasteiger partial charge is 0.493 e. The molecule has 1 heterocycles. The van der Waals surface area contributed by atoms with Crippen LogP contribution in [0.2, 0.25) is 0 Å². The van der Waals surface area contributed by atoms with Gasteiger partial charge < -0.3 is 14.8 Å². The third-order valence-electron chi connectivity index (χ3n) is 2.51. The van der Waals surface area contributed by atoms with Crippen LogP contribution in [0, 0.1) is 0 Å². The van der Waals surface area contributed by atoms with Crippen LogP contribution in [-0.2, 0) is 4.74 Å². The molecule has 1 aromatic carbocycles. The Morgan fingerprint density at radius 1 is 1.50 bits per heavy atom. The zero-order chi connectivity index (χ0) is 11.2. The molecule has 1 fully saturated rings. The fourth-order valence-electron chi connectivity index (χ4n) is 1.67. The minimum absolute atomic E-state index is 0.293. The summed E-state index contributed by atoms with van der Waals surface area (Å²) in [6.07, 6.45) is 1.22. The van der Waals surface area contributed by atoms with Crippen molar-refractivity contribution in [3.63, 3.8) is 0 Å². The minimum atomic E-state index is 0.293. The Morgan fingerprint density at radius 3 is 3.19 bits per heavy atom. The van der Waals surface area contributed by atoms with Crippen molar-refractivity contribution in [1.29, 1.82) is 0 Å². The Hall–Kier alpha value is -0.580. The Kier molecular flexibility index (Phi) is 4.63. The number of rotatable bonds is 4. The van der Waals surface area contributed by atoms with E-state index in [4.69, 9.17) is 9.47 Å². The van der Waals surface area contributed by atoms with Gasteiger partial charge in [-0.3, -0.25) is 0 Å². The van der Waals surface area contributed by atoms with Crippen molar-refractivity contribution < 1.29 is 9.47 Å². The van der Waals surface area contributed by atoms with Gasteiger partial charge in [-0.25, -0.2) is 0 Å². The molecule has 0 aromatic heterocycles. The van der Waals surface area contributed by atoms with Crippen molar-refractivity contribution in [2.45, 2.75) is 12.5 Å². The van der Waals surface area contributed by atoms with Crippen molar-refractivity contribution in [2.24, 2.45) is 0 Å². The summed E-state index contributed by atoms with van der Waals surface area (Å²) >= 11 is 3.42. The predicted molar refractivity (Wildman–Crippen MR) is 66.9 cm³/mol. The average molecular weight is 286 g/mol. The van der Waals surface area contributed by atoms with Gasteiger partial charge in [0.15, 0.2) is 0 Å². The quantitative estimate of drug-likeness (QED) is 0.920. The molecule has 0 saturated carbocycles. The lowest BCUT2D eigenvalue weighted by molar-refractivity contribution is 0.0159.